The van der Waals surface area contributed by atoms with E-state index in [-0.39, 0.29) is 12.5 Å². The molecule has 2 unspecified atom stereocenters. The van der Waals surface area contributed by atoms with Crippen molar-refractivity contribution in [2.45, 2.75) is 243 Å². The molecule has 0 saturated carbocycles. The van der Waals surface area contributed by atoms with Gasteiger partial charge in [-0.3, -0.25) is 4.79 Å². The Hall–Kier alpha value is -0.810. The van der Waals surface area contributed by atoms with Crippen molar-refractivity contribution >= 4 is 5.91 Å². The van der Waals surface area contributed by atoms with Crippen LogP contribution in [0.1, 0.15) is 200 Å². The molecule has 1 aliphatic rings. The van der Waals surface area contributed by atoms with Gasteiger partial charge in [0.2, 0.25) is 5.91 Å². The number of carbonyl (C=O) groups is 1. The number of amides is 1. The number of unbranched alkanes of at least 4 members (excludes halogenated alkanes) is 25. The predicted molar refractivity (Wildman–Crippen MR) is 203 cm³/mol. The number of hydrogen-bond acceptors (Lipinski definition) is 8. The molecule has 0 spiro atoms. The molecular formula is C41H81NO8. The van der Waals surface area contributed by atoms with Gasteiger partial charge in [0.25, 0.3) is 0 Å². The van der Waals surface area contributed by atoms with E-state index in [2.05, 4.69) is 19.2 Å². The SMILES string of the molecule is CCCCCCCCCCCCCCCCCCC(=O)N[C@@H](CO[C@@H]1O[C@H](CO)[C@@H](O)C(O)C1O)[C@H](O)CCCCCCCCCCCCC. The van der Waals surface area contributed by atoms with Gasteiger partial charge in [-0.25, -0.2) is 0 Å². The van der Waals surface area contributed by atoms with Gasteiger partial charge in [-0.05, 0) is 12.8 Å². The molecule has 1 heterocycles. The lowest BCUT2D eigenvalue weighted by molar-refractivity contribution is -0.302. The number of hydrogen-bond donors (Lipinski definition) is 6. The maximum Gasteiger partial charge on any atom is 0.220 e. The van der Waals surface area contributed by atoms with Crippen molar-refractivity contribution in [2.75, 3.05) is 13.2 Å². The Labute approximate surface area is 306 Å². The van der Waals surface area contributed by atoms with Gasteiger partial charge in [0.1, 0.15) is 24.4 Å². The van der Waals surface area contributed by atoms with E-state index >= 15 is 0 Å². The highest BCUT2D eigenvalue weighted by atomic mass is 16.7. The van der Waals surface area contributed by atoms with Gasteiger partial charge in [-0.2, -0.15) is 0 Å². The molecule has 1 rings (SSSR count). The van der Waals surface area contributed by atoms with Crippen molar-refractivity contribution in [1.29, 1.82) is 0 Å². The van der Waals surface area contributed by atoms with E-state index < -0.39 is 49.5 Å². The van der Waals surface area contributed by atoms with Gasteiger partial charge in [0, 0.05) is 6.42 Å². The molecule has 0 aromatic carbocycles. The number of rotatable bonds is 35. The highest BCUT2D eigenvalue weighted by molar-refractivity contribution is 5.76. The average Bonchev–Trinajstić information content (AvgIpc) is 3.11. The summed E-state index contributed by atoms with van der Waals surface area (Å²) >= 11 is 0. The molecule has 0 aliphatic carbocycles. The van der Waals surface area contributed by atoms with Crippen molar-refractivity contribution in [1.82, 2.24) is 5.32 Å². The Bertz CT molecular complexity index is 756. The third kappa shape index (κ3) is 23.7. The van der Waals surface area contributed by atoms with Crippen molar-refractivity contribution < 1.29 is 39.8 Å². The second kappa shape index (κ2) is 32.8. The lowest BCUT2D eigenvalue weighted by atomic mass is 9.99. The summed E-state index contributed by atoms with van der Waals surface area (Å²) in [5.41, 5.74) is 0. The lowest BCUT2D eigenvalue weighted by Crippen LogP contribution is -2.60. The number of aliphatic hydroxyl groups is 5. The first-order chi connectivity index (χ1) is 24.3. The van der Waals surface area contributed by atoms with Crippen LogP contribution in [0.25, 0.3) is 0 Å². The van der Waals surface area contributed by atoms with Crippen LogP contribution in [0.4, 0.5) is 0 Å². The van der Waals surface area contributed by atoms with Crippen LogP contribution in [-0.2, 0) is 14.3 Å². The van der Waals surface area contributed by atoms with E-state index in [9.17, 15) is 30.3 Å². The van der Waals surface area contributed by atoms with E-state index in [4.69, 9.17) is 9.47 Å². The quantitative estimate of drug-likeness (QED) is 0.0362. The lowest BCUT2D eigenvalue weighted by Gasteiger charge is -2.40. The molecule has 9 nitrogen and oxygen atoms in total. The van der Waals surface area contributed by atoms with Crippen LogP contribution >= 0.6 is 0 Å². The van der Waals surface area contributed by atoms with Crippen LogP contribution in [-0.4, -0.2) is 87.5 Å². The van der Waals surface area contributed by atoms with Crippen molar-refractivity contribution in [3.8, 4) is 0 Å². The highest BCUT2D eigenvalue weighted by Crippen LogP contribution is 2.23. The topological polar surface area (TPSA) is 149 Å². The molecule has 1 amide bonds. The maximum absolute atomic E-state index is 12.9. The van der Waals surface area contributed by atoms with Gasteiger partial charge in [0.05, 0.1) is 25.4 Å². The van der Waals surface area contributed by atoms with Crippen LogP contribution in [0.2, 0.25) is 0 Å². The summed E-state index contributed by atoms with van der Waals surface area (Å²) in [5.74, 6) is -0.143. The van der Waals surface area contributed by atoms with Crippen LogP contribution in [0.5, 0.6) is 0 Å². The van der Waals surface area contributed by atoms with Crippen LogP contribution < -0.4 is 5.32 Å². The van der Waals surface area contributed by atoms with Crippen LogP contribution in [0.3, 0.4) is 0 Å². The first-order valence-corrected chi connectivity index (χ1v) is 21.2. The van der Waals surface area contributed by atoms with Crippen LogP contribution in [0.15, 0.2) is 0 Å². The van der Waals surface area contributed by atoms with Crippen molar-refractivity contribution in [3.05, 3.63) is 0 Å². The number of aliphatic hydroxyl groups excluding tert-OH is 5. The first kappa shape index (κ1) is 47.2. The minimum atomic E-state index is -1.55. The summed E-state index contributed by atoms with van der Waals surface area (Å²) in [6, 6.07) is -0.709. The standard InChI is InChI=1S/C41H81NO8/c1-3-5-7-9-11-13-15-16-17-18-19-21-23-25-27-29-31-37(45)42-34(33-49-41-40(48)39(47)38(46)36(32-43)50-41)35(44)30-28-26-24-22-20-14-12-10-8-6-4-2/h34-36,38-41,43-44,46-48H,3-33H2,1-2H3,(H,42,45)/t34-,35+,36+,38+,39?,40?,41+/m0/s1. The summed E-state index contributed by atoms with van der Waals surface area (Å²) in [6.07, 6.45) is 26.8. The van der Waals surface area contributed by atoms with Crippen molar-refractivity contribution in [2.24, 2.45) is 0 Å². The molecule has 50 heavy (non-hydrogen) atoms. The summed E-state index contributed by atoms with van der Waals surface area (Å²) in [6.45, 7) is 3.82. The fourth-order valence-electron chi connectivity index (χ4n) is 6.98. The molecule has 0 aromatic heterocycles. The Balaban J connectivity index is 2.34. The predicted octanol–water partition coefficient (Wildman–Crippen LogP) is 8.00. The highest BCUT2D eigenvalue weighted by Gasteiger charge is 2.44. The zero-order chi connectivity index (χ0) is 36.7. The second-order valence-electron chi connectivity index (χ2n) is 15.1. The first-order valence-electron chi connectivity index (χ1n) is 21.2. The molecule has 1 saturated heterocycles. The molecule has 7 atom stereocenters. The van der Waals surface area contributed by atoms with Gasteiger partial charge >= 0.3 is 0 Å². The third-order valence-corrected chi connectivity index (χ3v) is 10.5. The van der Waals surface area contributed by atoms with E-state index in [0.29, 0.717) is 12.8 Å². The van der Waals surface area contributed by atoms with Gasteiger partial charge in [0.15, 0.2) is 6.29 Å². The zero-order valence-electron chi connectivity index (χ0n) is 32.4. The minimum absolute atomic E-state index is 0.132. The number of ether oxygens (including phenoxy) is 2. The van der Waals surface area contributed by atoms with E-state index in [1.54, 1.807) is 0 Å². The van der Waals surface area contributed by atoms with Crippen LogP contribution in [0, 0.1) is 0 Å². The summed E-state index contributed by atoms with van der Waals surface area (Å²) < 4.78 is 11.2. The summed E-state index contributed by atoms with van der Waals surface area (Å²) in [5, 5.41) is 54.1. The summed E-state index contributed by atoms with van der Waals surface area (Å²) in [4.78, 5) is 12.9. The smallest absolute Gasteiger partial charge is 0.220 e. The van der Waals surface area contributed by atoms with Gasteiger partial charge in [-0.1, -0.05) is 181 Å². The fourth-order valence-corrected chi connectivity index (χ4v) is 6.98. The third-order valence-electron chi connectivity index (χ3n) is 10.5. The van der Waals surface area contributed by atoms with Crippen molar-refractivity contribution in [3.63, 3.8) is 0 Å². The molecule has 0 bridgehead atoms. The van der Waals surface area contributed by atoms with Gasteiger partial charge < -0.3 is 40.3 Å². The molecule has 0 aromatic rings. The molecule has 1 aliphatic heterocycles. The van der Waals surface area contributed by atoms with E-state index in [0.717, 1.165) is 38.5 Å². The monoisotopic (exact) mass is 716 g/mol. The zero-order valence-corrected chi connectivity index (χ0v) is 32.4. The average molecular weight is 716 g/mol. The Morgan fingerprint density at radius 1 is 0.600 bits per heavy atom. The molecule has 1 fully saturated rings. The van der Waals surface area contributed by atoms with E-state index in [1.165, 1.54) is 135 Å². The van der Waals surface area contributed by atoms with E-state index in [1.807, 2.05) is 0 Å². The molecular weight excluding hydrogens is 634 g/mol. The normalized spacial score (nSPS) is 22.1. The maximum atomic E-state index is 12.9. The fraction of sp³-hybridized carbons (Fsp3) is 0.976. The van der Waals surface area contributed by atoms with Gasteiger partial charge in [-0.15, -0.1) is 0 Å². The Kier molecular flexibility index (Phi) is 31.0. The number of carbonyl (C=O) groups excluding carboxylic acids is 1. The molecule has 0 radical (unpaired) electrons. The molecule has 9 heteroatoms. The molecule has 298 valence electrons. The Morgan fingerprint density at radius 2 is 1.00 bits per heavy atom. The summed E-state index contributed by atoms with van der Waals surface area (Å²) in [7, 11) is 0. The number of nitrogens with one attached hydrogen (secondary N) is 1. The largest absolute Gasteiger partial charge is 0.394 e. The Morgan fingerprint density at radius 3 is 1.42 bits per heavy atom. The second-order valence-corrected chi connectivity index (χ2v) is 15.1. The molecule has 6 N–H and O–H groups in total. The minimum Gasteiger partial charge on any atom is -0.394 e.